The number of hydrogen-bond acceptors (Lipinski definition) is 14. The fraction of sp³-hybridized carbons (Fsp3) is 0.976. The molecule has 14 nitrogen and oxygen atoms in total. The van der Waals surface area contributed by atoms with Crippen molar-refractivity contribution in [1.29, 1.82) is 0 Å². The van der Waals surface area contributed by atoms with Gasteiger partial charge in [0.2, 0.25) is 0 Å². The quantitative estimate of drug-likeness (QED) is 0.204. The predicted molar refractivity (Wildman–Crippen MR) is 215 cm³/mol. The molecule has 330 valence electrons. The van der Waals surface area contributed by atoms with Gasteiger partial charge in [0.25, 0.3) is 0 Å². The number of nitrogens with one attached hydrogen (secondary N) is 1. The third kappa shape index (κ3) is 10.8. The summed E-state index contributed by atoms with van der Waals surface area (Å²) < 4.78 is 39.0. The highest BCUT2D eigenvalue weighted by molar-refractivity contribution is 5.73. The number of likely N-dealkylation sites (N-methyl/N-ethyl adjacent to an activating group) is 2. The van der Waals surface area contributed by atoms with E-state index in [2.05, 4.69) is 26.1 Å². The molecule has 0 aromatic carbocycles. The Hall–Kier alpha value is -1.01. The summed E-state index contributed by atoms with van der Waals surface area (Å²) in [4.78, 5) is 18.4. The van der Waals surface area contributed by atoms with E-state index < -0.39 is 89.2 Å². The minimum atomic E-state index is -1.74. The Morgan fingerprint density at radius 2 is 1.55 bits per heavy atom. The van der Waals surface area contributed by atoms with Gasteiger partial charge in [-0.3, -0.25) is 4.79 Å². The second-order valence-corrected chi connectivity index (χ2v) is 19.0. The Balaban J connectivity index is 2.18. The summed E-state index contributed by atoms with van der Waals surface area (Å²) in [6.07, 6.45) is -5.78. The Morgan fingerprint density at radius 1 is 0.929 bits per heavy atom. The number of ether oxygens (including phenoxy) is 6. The van der Waals surface area contributed by atoms with Crippen LogP contribution in [-0.4, -0.2) is 168 Å². The zero-order chi connectivity index (χ0) is 42.7. The molecule has 5 N–H and O–H groups in total. The first kappa shape index (κ1) is 49.4. The predicted octanol–water partition coefficient (Wildman–Crippen LogP) is 3.16. The second kappa shape index (κ2) is 19.6. The van der Waals surface area contributed by atoms with Crippen LogP contribution in [0.5, 0.6) is 0 Å². The number of rotatable bonds is 10. The number of nitrogens with zero attached hydrogens (tertiary/aromatic N) is 2. The molecule has 3 aliphatic heterocycles. The van der Waals surface area contributed by atoms with Gasteiger partial charge in [-0.1, -0.05) is 41.5 Å². The fourth-order valence-electron chi connectivity index (χ4n) is 9.58. The average molecular weight is 804 g/mol. The lowest BCUT2D eigenvalue weighted by Crippen LogP contribution is -2.70. The van der Waals surface area contributed by atoms with Gasteiger partial charge in [-0.05, 0) is 99.8 Å². The van der Waals surface area contributed by atoms with E-state index in [1.165, 1.54) is 6.92 Å². The van der Waals surface area contributed by atoms with Gasteiger partial charge in [0.1, 0.15) is 29.0 Å². The molecule has 3 rings (SSSR count). The van der Waals surface area contributed by atoms with Gasteiger partial charge in [-0.25, -0.2) is 0 Å². The molecule has 3 saturated heterocycles. The van der Waals surface area contributed by atoms with Crippen molar-refractivity contribution in [2.45, 2.75) is 193 Å². The molecule has 0 aromatic rings. The van der Waals surface area contributed by atoms with Crippen molar-refractivity contribution in [1.82, 2.24) is 15.1 Å². The number of methoxy groups -OCH3 is 1. The molecule has 14 heteroatoms. The summed E-state index contributed by atoms with van der Waals surface area (Å²) in [5, 5.41) is 50.6. The third-order valence-corrected chi connectivity index (χ3v) is 13.5. The molecule has 56 heavy (non-hydrogen) atoms. The molecule has 0 spiro atoms. The maximum Gasteiger partial charge on any atom is 0.311 e. The number of aliphatic hydroxyl groups excluding tert-OH is 2. The number of esters is 1. The van der Waals surface area contributed by atoms with E-state index in [0.29, 0.717) is 32.5 Å². The molecule has 3 aliphatic rings. The van der Waals surface area contributed by atoms with Gasteiger partial charge < -0.3 is 64.0 Å². The van der Waals surface area contributed by atoms with Crippen LogP contribution in [-0.2, 0) is 33.2 Å². The molecule has 0 aromatic heterocycles. The molecule has 0 bridgehead atoms. The standard InChI is InChI=1S/C42H81N3O11/c1-17-31-41(12,49)35(47)24(3)22-43-25(4)20-39(9,10)36(56-38-33(46)30(44(13)14)19-26(5)52-38)27(6)34(28(7)37(48)54-31)55-32-21-40(11,51-16)42(50,29(8)53-32)23-45(15)18-2/h24-36,38,43,46-47,49-50H,17-23H2,1-16H3/t24-,25+,26+,27-,28+,29-,30-,31+,32+,33+,34+,35+,36+,38-,40-,41+,42+/m0/s1. The van der Waals surface area contributed by atoms with E-state index in [0.717, 1.165) is 0 Å². The Labute approximate surface area is 338 Å². The van der Waals surface area contributed by atoms with Crippen LogP contribution in [0.4, 0.5) is 0 Å². The number of carbonyl (C=O) groups excluding carboxylic acids is 1. The minimum Gasteiger partial charge on any atom is -0.459 e. The molecule has 0 unspecified atom stereocenters. The minimum absolute atomic E-state index is 0.0563. The number of cyclic esters (lactones) is 1. The van der Waals surface area contributed by atoms with Crippen LogP contribution in [0.25, 0.3) is 0 Å². The molecular weight excluding hydrogens is 722 g/mol. The third-order valence-electron chi connectivity index (χ3n) is 13.5. The van der Waals surface area contributed by atoms with Crippen molar-refractivity contribution in [3.63, 3.8) is 0 Å². The zero-order valence-electron chi connectivity index (χ0n) is 37.6. The van der Waals surface area contributed by atoms with Crippen molar-refractivity contribution in [3.05, 3.63) is 0 Å². The summed E-state index contributed by atoms with van der Waals surface area (Å²) in [5.41, 5.74) is -4.81. The normalized spacial score (nSPS) is 46.3. The first-order valence-corrected chi connectivity index (χ1v) is 21.1. The Bertz CT molecular complexity index is 1240. The highest BCUT2D eigenvalue weighted by Crippen LogP contribution is 2.44. The lowest BCUT2D eigenvalue weighted by Gasteiger charge is -2.54. The van der Waals surface area contributed by atoms with Gasteiger partial charge in [0, 0.05) is 44.6 Å². The number of aliphatic hydroxyl groups is 4. The van der Waals surface area contributed by atoms with Crippen molar-refractivity contribution in [2.24, 2.45) is 23.2 Å². The van der Waals surface area contributed by atoms with Gasteiger partial charge in [0.15, 0.2) is 12.6 Å². The van der Waals surface area contributed by atoms with Crippen LogP contribution >= 0.6 is 0 Å². The zero-order valence-corrected chi connectivity index (χ0v) is 37.6. The topological polar surface area (TPSA) is 172 Å². The summed E-state index contributed by atoms with van der Waals surface area (Å²) in [5.74, 6) is -2.43. The van der Waals surface area contributed by atoms with Crippen LogP contribution < -0.4 is 5.32 Å². The van der Waals surface area contributed by atoms with Crippen LogP contribution in [0.3, 0.4) is 0 Å². The lowest BCUT2D eigenvalue weighted by molar-refractivity contribution is -0.337. The first-order chi connectivity index (χ1) is 25.8. The maximum absolute atomic E-state index is 14.4. The van der Waals surface area contributed by atoms with Crippen LogP contribution in [0.15, 0.2) is 0 Å². The van der Waals surface area contributed by atoms with Crippen molar-refractivity contribution >= 4 is 5.97 Å². The fourth-order valence-corrected chi connectivity index (χ4v) is 9.58. The van der Waals surface area contributed by atoms with E-state index in [1.54, 1.807) is 14.0 Å². The molecule has 3 fully saturated rings. The second-order valence-electron chi connectivity index (χ2n) is 19.0. The summed E-state index contributed by atoms with van der Waals surface area (Å²) in [7, 11) is 7.37. The Kier molecular flexibility index (Phi) is 17.3. The van der Waals surface area contributed by atoms with Gasteiger partial charge in [-0.15, -0.1) is 0 Å². The molecule has 0 saturated carbocycles. The number of carbonyl (C=O) groups is 1. The molecule has 0 radical (unpaired) electrons. The van der Waals surface area contributed by atoms with Crippen molar-refractivity contribution in [2.75, 3.05) is 47.9 Å². The summed E-state index contributed by atoms with van der Waals surface area (Å²) in [6, 6.07) is -0.258. The molecular formula is C42H81N3O11. The van der Waals surface area contributed by atoms with Gasteiger partial charge in [0.05, 0.1) is 36.4 Å². The van der Waals surface area contributed by atoms with Crippen LogP contribution in [0, 0.1) is 23.2 Å². The lowest BCUT2D eigenvalue weighted by atomic mass is 9.72. The largest absolute Gasteiger partial charge is 0.459 e. The SMILES string of the molecule is CC[C@H]1OC(=O)[C@H](C)[C@H](O[C@@H]2C[C@](C)(OC)[C@@](O)(CN(C)CC)[C@H](C)O2)[C@H](C)[C@@H](O[C@@H]2O[C@H](C)C[C@H](N(C)C)[C@H]2O)C(C)(C)C[C@@H](C)NC[C@H](C)[C@@H](O)[C@]1(C)O. The van der Waals surface area contributed by atoms with Crippen LogP contribution in [0.1, 0.15) is 109 Å². The van der Waals surface area contributed by atoms with Crippen molar-refractivity contribution in [3.8, 4) is 0 Å². The Morgan fingerprint density at radius 3 is 2.11 bits per heavy atom. The molecule has 3 heterocycles. The number of hydrogen-bond donors (Lipinski definition) is 5. The van der Waals surface area contributed by atoms with E-state index in [4.69, 9.17) is 28.4 Å². The van der Waals surface area contributed by atoms with E-state index in [9.17, 15) is 25.2 Å². The smallest absolute Gasteiger partial charge is 0.311 e. The van der Waals surface area contributed by atoms with Gasteiger partial charge in [-0.2, -0.15) is 0 Å². The first-order valence-electron chi connectivity index (χ1n) is 21.1. The summed E-state index contributed by atoms with van der Waals surface area (Å²) in [6.45, 7) is 24.3. The van der Waals surface area contributed by atoms with Crippen molar-refractivity contribution < 1.29 is 53.6 Å². The summed E-state index contributed by atoms with van der Waals surface area (Å²) >= 11 is 0. The van der Waals surface area contributed by atoms with Crippen LogP contribution in [0.2, 0.25) is 0 Å². The van der Waals surface area contributed by atoms with E-state index >= 15 is 0 Å². The molecule has 0 amide bonds. The average Bonchev–Trinajstić information content (AvgIpc) is 3.12. The van der Waals surface area contributed by atoms with Gasteiger partial charge >= 0.3 is 5.97 Å². The molecule has 0 aliphatic carbocycles. The molecule has 17 atom stereocenters. The highest BCUT2D eigenvalue weighted by Gasteiger charge is 2.58. The van der Waals surface area contributed by atoms with E-state index in [1.807, 2.05) is 79.4 Å². The monoisotopic (exact) mass is 804 g/mol. The maximum atomic E-state index is 14.4. The highest BCUT2D eigenvalue weighted by atomic mass is 16.7. The van der Waals surface area contributed by atoms with E-state index in [-0.39, 0.29) is 36.9 Å².